The monoisotopic (exact) mass is 455 g/mol. The van der Waals surface area contributed by atoms with E-state index in [2.05, 4.69) is 4.98 Å². The lowest BCUT2D eigenvalue weighted by Crippen LogP contribution is -2.41. The van der Waals surface area contributed by atoms with Crippen LogP contribution >= 0.6 is 0 Å². The normalized spacial score (nSPS) is 13.6. The van der Waals surface area contributed by atoms with E-state index in [-0.39, 0.29) is 48.3 Å². The number of nitrogen functional groups attached to an aromatic ring is 1. The maximum Gasteiger partial charge on any atom is 0.330 e. The van der Waals surface area contributed by atoms with Gasteiger partial charge in [-0.05, 0) is 31.0 Å². The summed E-state index contributed by atoms with van der Waals surface area (Å²) in [6, 6.07) is 6.17. The van der Waals surface area contributed by atoms with Crippen LogP contribution in [0.3, 0.4) is 0 Å². The molecule has 1 aliphatic heterocycles. The zero-order valence-corrected chi connectivity index (χ0v) is 18.9. The molecule has 10 heteroatoms. The van der Waals surface area contributed by atoms with Crippen molar-refractivity contribution < 1.29 is 14.4 Å². The first-order valence-electron chi connectivity index (χ1n) is 11.2. The van der Waals surface area contributed by atoms with Gasteiger partial charge < -0.3 is 10.6 Å². The number of nitrogens with zero attached hydrogens (tertiary/aromatic N) is 3. The number of imide groups is 1. The quantitative estimate of drug-likeness (QED) is 0.555. The van der Waals surface area contributed by atoms with E-state index in [0.29, 0.717) is 25.1 Å². The number of rotatable bonds is 9. The Morgan fingerprint density at radius 1 is 1.06 bits per heavy atom. The molecule has 0 atom stereocenters. The summed E-state index contributed by atoms with van der Waals surface area (Å²) in [5.41, 5.74) is 5.29. The van der Waals surface area contributed by atoms with Crippen molar-refractivity contribution in [3.63, 3.8) is 0 Å². The molecule has 0 radical (unpaired) electrons. The second-order valence-corrected chi connectivity index (χ2v) is 7.98. The standard InChI is InChI=1S/C23H29N5O5/c1-3-5-12-26(19-20(24)27(13-6-4-2)23(33)25-21(19)31)22(32)15-8-7-9-16(14-15)28-17(29)10-11-18(28)30/h7-9,14H,3-6,10-13,24H2,1-2H3,(H,25,31,33). The van der Waals surface area contributed by atoms with E-state index in [9.17, 15) is 24.0 Å². The highest BCUT2D eigenvalue weighted by molar-refractivity contribution is 6.20. The van der Waals surface area contributed by atoms with Crippen LogP contribution in [0.25, 0.3) is 0 Å². The maximum atomic E-state index is 13.5. The number of hydrogen-bond donors (Lipinski definition) is 2. The van der Waals surface area contributed by atoms with Crippen molar-refractivity contribution in [2.45, 2.75) is 58.9 Å². The van der Waals surface area contributed by atoms with Gasteiger partial charge in [0.2, 0.25) is 11.8 Å². The van der Waals surface area contributed by atoms with E-state index < -0.39 is 17.2 Å². The van der Waals surface area contributed by atoms with Crippen LogP contribution < -0.4 is 26.8 Å². The van der Waals surface area contributed by atoms with Gasteiger partial charge in [-0.3, -0.25) is 33.6 Å². The molecule has 3 amide bonds. The van der Waals surface area contributed by atoms with Gasteiger partial charge in [0, 0.05) is 31.5 Å². The molecule has 3 N–H and O–H groups in total. The number of H-pyrrole nitrogens is 1. The molecule has 0 spiro atoms. The van der Waals surface area contributed by atoms with Crippen LogP contribution in [0.2, 0.25) is 0 Å². The van der Waals surface area contributed by atoms with Crippen LogP contribution in [0.4, 0.5) is 17.2 Å². The van der Waals surface area contributed by atoms with Gasteiger partial charge in [0.1, 0.15) is 5.82 Å². The van der Waals surface area contributed by atoms with Crippen LogP contribution in [0.5, 0.6) is 0 Å². The number of carbonyl (C=O) groups excluding carboxylic acids is 3. The Labute approximate surface area is 191 Å². The number of aromatic amines is 1. The molecule has 1 fully saturated rings. The average Bonchev–Trinajstić information content (AvgIpc) is 3.13. The number of aromatic nitrogens is 2. The summed E-state index contributed by atoms with van der Waals surface area (Å²) in [4.78, 5) is 67.4. The summed E-state index contributed by atoms with van der Waals surface area (Å²) in [7, 11) is 0. The van der Waals surface area contributed by atoms with Crippen molar-refractivity contribution in [2.75, 3.05) is 22.1 Å². The first-order chi connectivity index (χ1) is 15.8. The van der Waals surface area contributed by atoms with Gasteiger partial charge in [0.15, 0.2) is 5.69 Å². The predicted molar refractivity (Wildman–Crippen MR) is 125 cm³/mol. The van der Waals surface area contributed by atoms with E-state index in [1.165, 1.54) is 15.5 Å². The molecular weight excluding hydrogens is 426 g/mol. The summed E-state index contributed by atoms with van der Waals surface area (Å²) in [5, 5.41) is 0. The van der Waals surface area contributed by atoms with E-state index in [1.54, 1.807) is 18.2 Å². The Balaban J connectivity index is 2.06. The number of amides is 3. The molecule has 2 aromatic rings. The van der Waals surface area contributed by atoms with Crippen molar-refractivity contribution in [3.05, 3.63) is 50.7 Å². The Kier molecular flexibility index (Phi) is 7.47. The number of carbonyl (C=O) groups is 3. The molecule has 3 rings (SSSR count). The number of nitrogens with one attached hydrogen (secondary N) is 1. The molecule has 10 nitrogen and oxygen atoms in total. The number of hydrogen-bond acceptors (Lipinski definition) is 6. The van der Waals surface area contributed by atoms with Crippen molar-refractivity contribution in [2.24, 2.45) is 0 Å². The topological polar surface area (TPSA) is 139 Å². The lowest BCUT2D eigenvalue weighted by atomic mass is 10.1. The number of unbranched alkanes of at least 4 members (excludes halogenated alkanes) is 2. The molecule has 0 unspecified atom stereocenters. The molecule has 2 heterocycles. The second-order valence-electron chi connectivity index (χ2n) is 7.98. The van der Waals surface area contributed by atoms with Crippen molar-refractivity contribution in [1.82, 2.24) is 9.55 Å². The van der Waals surface area contributed by atoms with Crippen LogP contribution in [0, 0.1) is 0 Å². The molecule has 1 aliphatic rings. The molecule has 1 aromatic heterocycles. The van der Waals surface area contributed by atoms with E-state index >= 15 is 0 Å². The zero-order valence-electron chi connectivity index (χ0n) is 18.9. The summed E-state index contributed by atoms with van der Waals surface area (Å²) < 4.78 is 1.27. The van der Waals surface area contributed by atoms with E-state index in [1.807, 2.05) is 13.8 Å². The van der Waals surface area contributed by atoms with Crippen LogP contribution in [0.15, 0.2) is 33.9 Å². The molecule has 0 saturated carbocycles. The maximum absolute atomic E-state index is 13.5. The summed E-state index contributed by atoms with van der Waals surface area (Å²) in [6.07, 6.45) is 3.11. The van der Waals surface area contributed by atoms with Gasteiger partial charge in [-0.15, -0.1) is 0 Å². The fourth-order valence-electron chi connectivity index (χ4n) is 3.81. The number of nitrogens with two attached hydrogens (primary N) is 1. The minimum absolute atomic E-state index is 0.0669. The molecule has 176 valence electrons. The zero-order chi connectivity index (χ0) is 24.1. The molecular formula is C23H29N5O5. The van der Waals surface area contributed by atoms with E-state index in [4.69, 9.17) is 5.73 Å². The minimum Gasteiger partial charge on any atom is -0.383 e. The van der Waals surface area contributed by atoms with Crippen molar-refractivity contribution in [3.8, 4) is 0 Å². The lowest BCUT2D eigenvalue weighted by molar-refractivity contribution is -0.121. The van der Waals surface area contributed by atoms with Gasteiger partial charge in [0.05, 0.1) is 5.69 Å². The fraction of sp³-hybridized carbons (Fsp3) is 0.435. The molecule has 33 heavy (non-hydrogen) atoms. The highest BCUT2D eigenvalue weighted by atomic mass is 16.2. The summed E-state index contributed by atoms with van der Waals surface area (Å²) in [5.74, 6) is -1.22. The Morgan fingerprint density at radius 2 is 1.73 bits per heavy atom. The van der Waals surface area contributed by atoms with Crippen LogP contribution in [-0.2, 0) is 16.1 Å². The molecule has 0 bridgehead atoms. The molecule has 0 aliphatic carbocycles. The van der Waals surface area contributed by atoms with Gasteiger partial charge >= 0.3 is 5.69 Å². The third-order valence-electron chi connectivity index (χ3n) is 5.60. The predicted octanol–water partition coefficient (Wildman–Crippen LogP) is 2.02. The highest BCUT2D eigenvalue weighted by Gasteiger charge is 2.31. The van der Waals surface area contributed by atoms with Crippen molar-refractivity contribution >= 4 is 34.9 Å². The van der Waals surface area contributed by atoms with E-state index in [0.717, 1.165) is 17.7 Å². The number of anilines is 3. The van der Waals surface area contributed by atoms with Crippen LogP contribution in [-0.4, -0.2) is 33.8 Å². The first kappa shape index (κ1) is 24.0. The summed E-state index contributed by atoms with van der Waals surface area (Å²) >= 11 is 0. The lowest BCUT2D eigenvalue weighted by Gasteiger charge is -2.25. The number of benzene rings is 1. The third kappa shape index (κ3) is 4.89. The largest absolute Gasteiger partial charge is 0.383 e. The second kappa shape index (κ2) is 10.3. The third-order valence-corrected chi connectivity index (χ3v) is 5.60. The van der Waals surface area contributed by atoms with Gasteiger partial charge in [-0.25, -0.2) is 4.79 Å². The van der Waals surface area contributed by atoms with Gasteiger partial charge in [-0.1, -0.05) is 32.8 Å². The smallest absolute Gasteiger partial charge is 0.330 e. The molecule has 1 aromatic carbocycles. The van der Waals surface area contributed by atoms with Crippen molar-refractivity contribution in [1.29, 1.82) is 0 Å². The van der Waals surface area contributed by atoms with Gasteiger partial charge in [-0.2, -0.15) is 0 Å². The Bertz CT molecular complexity index is 1170. The average molecular weight is 456 g/mol. The fourth-order valence-corrected chi connectivity index (χ4v) is 3.81. The van der Waals surface area contributed by atoms with Crippen LogP contribution in [0.1, 0.15) is 62.7 Å². The van der Waals surface area contributed by atoms with Gasteiger partial charge in [0.25, 0.3) is 11.5 Å². The Hall–Kier alpha value is -3.69. The SMILES string of the molecule is CCCCN(C(=O)c1cccc(N2C(=O)CCC2=O)c1)c1c(N)n(CCCC)c(=O)[nH]c1=O. The summed E-state index contributed by atoms with van der Waals surface area (Å²) in [6.45, 7) is 4.44. The Morgan fingerprint density at radius 3 is 2.36 bits per heavy atom. The first-order valence-corrected chi connectivity index (χ1v) is 11.2. The highest BCUT2D eigenvalue weighted by Crippen LogP contribution is 2.26. The molecule has 1 saturated heterocycles. The minimum atomic E-state index is -0.740.